The summed E-state index contributed by atoms with van der Waals surface area (Å²) < 4.78 is 20.6. The molecule has 0 fully saturated rings. The average molecular weight is 385 g/mol. The summed E-state index contributed by atoms with van der Waals surface area (Å²) in [5.41, 5.74) is 4.93. The Bertz CT molecular complexity index is 1290. The van der Waals surface area contributed by atoms with Crippen molar-refractivity contribution in [2.45, 2.75) is 6.92 Å². The number of imidazole rings is 1. The van der Waals surface area contributed by atoms with Crippen molar-refractivity contribution < 1.29 is 8.81 Å². The second-order valence-corrected chi connectivity index (χ2v) is 6.62. The van der Waals surface area contributed by atoms with E-state index >= 15 is 0 Å². The molecule has 5 rings (SSSR count). The summed E-state index contributed by atoms with van der Waals surface area (Å²) in [6.07, 6.45) is 7.00. The predicted octanol–water partition coefficient (Wildman–Crippen LogP) is 5.24. The van der Waals surface area contributed by atoms with Gasteiger partial charge in [-0.3, -0.25) is 4.40 Å². The highest BCUT2D eigenvalue weighted by molar-refractivity contribution is 5.76. The Morgan fingerprint density at radius 3 is 2.45 bits per heavy atom. The SMILES string of the molecule is Cc1ncc(-c2ccc(Nc3cncn4cc(-c5ccc(F)cc5)nc34)cc2)o1. The molecule has 0 radical (unpaired) electrons. The molecule has 0 saturated carbocycles. The van der Waals surface area contributed by atoms with E-state index in [0.29, 0.717) is 5.89 Å². The first kappa shape index (κ1) is 17.1. The Morgan fingerprint density at radius 2 is 1.72 bits per heavy atom. The lowest BCUT2D eigenvalue weighted by molar-refractivity contribution is 0.534. The van der Waals surface area contributed by atoms with Gasteiger partial charge in [0.1, 0.15) is 17.8 Å². The molecule has 0 bridgehead atoms. The summed E-state index contributed by atoms with van der Waals surface area (Å²) in [5.74, 6) is 1.09. The van der Waals surface area contributed by atoms with Crippen molar-refractivity contribution in [3.63, 3.8) is 0 Å². The van der Waals surface area contributed by atoms with Crippen LogP contribution in [0.2, 0.25) is 0 Å². The molecule has 0 amide bonds. The fourth-order valence-electron chi connectivity index (χ4n) is 3.13. The molecule has 0 atom stereocenters. The molecule has 0 spiro atoms. The van der Waals surface area contributed by atoms with E-state index in [4.69, 9.17) is 9.40 Å². The highest BCUT2D eigenvalue weighted by Gasteiger charge is 2.10. The number of benzene rings is 2. The Morgan fingerprint density at radius 1 is 0.966 bits per heavy atom. The van der Waals surface area contributed by atoms with E-state index in [2.05, 4.69) is 15.3 Å². The number of fused-ring (bicyclic) bond motifs is 1. The van der Waals surface area contributed by atoms with Gasteiger partial charge in [-0.2, -0.15) is 0 Å². The van der Waals surface area contributed by atoms with Crippen LogP contribution in [0.4, 0.5) is 15.8 Å². The molecular formula is C22H16FN5O. The van der Waals surface area contributed by atoms with Crippen LogP contribution in [0.1, 0.15) is 5.89 Å². The molecular weight excluding hydrogens is 369 g/mol. The van der Waals surface area contributed by atoms with Gasteiger partial charge < -0.3 is 9.73 Å². The van der Waals surface area contributed by atoms with E-state index in [9.17, 15) is 4.39 Å². The maximum Gasteiger partial charge on any atom is 0.191 e. The predicted molar refractivity (Wildman–Crippen MR) is 108 cm³/mol. The number of hydrogen-bond acceptors (Lipinski definition) is 5. The topological polar surface area (TPSA) is 68.2 Å². The first-order chi connectivity index (χ1) is 14.2. The minimum atomic E-state index is -0.273. The molecule has 0 aliphatic heterocycles. The zero-order valence-corrected chi connectivity index (χ0v) is 15.5. The molecule has 3 aromatic heterocycles. The second kappa shape index (κ2) is 6.87. The van der Waals surface area contributed by atoms with Crippen molar-refractivity contribution in [1.82, 2.24) is 19.4 Å². The van der Waals surface area contributed by atoms with Crippen molar-refractivity contribution in [2.75, 3.05) is 5.32 Å². The molecule has 3 heterocycles. The van der Waals surface area contributed by atoms with E-state index < -0.39 is 0 Å². The van der Waals surface area contributed by atoms with Crippen molar-refractivity contribution in [2.24, 2.45) is 0 Å². The van der Waals surface area contributed by atoms with Crippen LogP contribution < -0.4 is 5.32 Å². The number of oxazole rings is 1. The van der Waals surface area contributed by atoms with Crippen LogP contribution in [0.3, 0.4) is 0 Å². The summed E-state index contributed by atoms with van der Waals surface area (Å²) in [6, 6.07) is 14.1. The molecule has 0 aliphatic carbocycles. The molecule has 6 nitrogen and oxygen atoms in total. The second-order valence-electron chi connectivity index (χ2n) is 6.62. The highest BCUT2D eigenvalue weighted by Crippen LogP contribution is 2.27. The van der Waals surface area contributed by atoms with Gasteiger partial charge in [0.05, 0.1) is 18.1 Å². The number of nitrogens with one attached hydrogen (secondary N) is 1. The Balaban J connectivity index is 1.45. The molecule has 1 N–H and O–H groups in total. The lowest BCUT2D eigenvalue weighted by Crippen LogP contribution is -1.96. The van der Waals surface area contributed by atoms with Gasteiger partial charge >= 0.3 is 0 Å². The Kier molecular flexibility index (Phi) is 4.05. The average Bonchev–Trinajstić information content (AvgIpc) is 3.36. The van der Waals surface area contributed by atoms with E-state index in [1.54, 1.807) is 30.9 Å². The summed E-state index contributed by atoms with van der Waals surface area (Å²) in [6.45, 7) is 1.82. The fraction of sp³-hybridized carbons (Fsp3) is 0.0455. The third-order valence-electron chi connectivity index (χ3n) is 4.58. The van der Waals surface area contributed by atoms with E-state index in [1.807, 2.05) is 41.8 Å². The molecule has 142 valence electrons. The zero-order chi connectivity index (χ0) is 19.8. The first-order valence-corrected chi connectivity index (χ1v) is 9.04. The maximum absolute atomic E-state index is 13.2. The van der Waals surface area contributed by atoms with Crippen LogP contribution in [0, 0.1) is 12.7 Å². The summed E-state index contributed by atoms with van der Waals surface area (Å²) in [7, 11) is 0. The number of nitrogens with zero attached hydrogens (tertiary/aromatic N) is 4. The standard InChI is InChI=1S/C22H16FN5O/c1-14-25-11-21(29-14)16-4-8-18(9-5-16)26-19-10-24-13-28-12-20(27-22(19)28)15-2-6-17(23)7-3-15/h2-13,26H,1H3. The smallest absolute Gasteiger partial charge is 0.191 e. The zero-order valence-electron chi connectivity index (χ0n) is 15.5. The van der Waals surface area contributed by atoms with Gasteiger partial charge in [0, 0.05) is 29.9 Å². The minimum Gasteiger partial charge on any atom is -0.441 e. The quantitative estimate of drug-likeness (QED) is 0.458. The van der Waals surface area contributed by atoms with Gasteiger partial charge in [-0.15, -0.1) is 0 Å². The number of rotatable bonds is 4. The van der Waals surface area contributed by atoms with Gasteiger partial charge in [0.25, 0.3) is 0 Å². The van der Waals surface area contributed by atoms with Crippen LogP contribution in [0.5, 0.6) is 0 Å². The monoisotopic (exact) mass is 385 g/mol. The summed E-state index contributed by atoms with van der Waals surface area (Å²) in [4.78, 5) is 13.1. The van der Waals surface area contributed by atoms with E-state index in [-0.39, 0.29) is 5.82 Å². The van der Waals surface area contributed by atoms with Crippen molar-refractivity contribution in [3.05, 3.63) is 85.2 Å². The van der Waals surface area contributed by atoms with Gasteiger partial charge in [-0.05, 0) is 48.5 Å². The van der Waals surface area contributed by atoms with Crippen LogP contribution in [-0.2, 0) is 0 Å². The Hall–Kier alpha value is -4.00. The first-order valence-electron chi connectivity index (χ1n) is 9.04. The minimum absolute atomic E-state index is 0.273. The number of halogens is 1. The molecule has 0 aliphatic rings. The van der Waals surface area contributed by atoms with Crippen molar-refractivity contribution in [1.29, 1.82) is 0 Å². The fourth-order valence-corrected chi connectivity index (χ4v) is 3.13. The third kappa shape index (κ3) is 3.34. The maximum atomic E-state index is 13.2. The van der Waals surface area contributed by atoms with E-state index in [0.717, 1.165) is 39.6 Å². The molecule has 29 heavy (non-hydrogen) atoms. The lowest BCUT2D eigenvalue weighted by atomic mass is 10.1. The normalized spacial score (nSPS) is 11.1. The number of hydrogen-bond donors (Lipinski definition) is 1. The number of anilines is 2. The molecule has 0 unspecified atom stereocenters. The summed E-state index contributed by atoms with van der Waals surface area (Å²) in [5, 5.41) is 3.35. The Labute approximate surface area is 165 Å². The molecule has 0 saturated heterocycles. The molecule has 7 heteroatoms. The highest BCUT2D eigenvalue weighted by atomic mass is 19.1. The lowest BCUT2D eigenvalue weighted by Gasteiger charge is -2.07. The molecule has 5 aromatic rings. The van der Waals surface area contributed by atoms with Crippen molar-refractivity contribution >= 4 is 17.0 Å². The summed E-state index contributed by atoms with van der Waals surface area (Å²) >= 11 is 0. The van der Waals surface area contributed by atoms with Gasteiger partial charge in [0.2, 0.25) is 0 Å². The van der Waals surface area contributed by atoms with Crippen LogP contribution in [-0.4, -0.2) is 19.4 Å². The third-order valence-corrected chi connectivity index (χ3v) is 4.58. The van der Waals surface area contributed by atoms with Crippen LogP contribution >= 0.6 is 0 Å². The van der Waals surface area contributed by atoms with Crippen LogP contribution in [0.25, 0.3) is 28.2 Å². The largest absolute Gasteiger partial charge is 0.441 e. The van der Waals surface area contributed by atoms with E-state index in [1.165, 1.54) is 12.1 Å². The van der Waals surface area contributed by atoms with Crippen LogP contribution in [0.15, 0.2) is 77.9 Å². The number of aromatic nitrogens is 4. The molecule has 2 aromatic carbocycles. The van der Waals surface area contributed by atoms with Gasteiger partial charge in [-0.1, -0.05) is 0 Å². The van der Waals surface area contributed by atoms with Gasteiger partial charge in [0.15, 0.2) is 17.3 Å². The van der Waals surface area contributed by atoms with Gasteiger partial charge in [-0.25, -0.2) is 19.3 Å². The van der Waals surface area contributed by atoms with Crippen molar-refractivity contribution in [3.8, 4) is 22.6 Å². The number of aryl methyl sites for hydroxylation is 1.